The summed E-state index contributed by atoms with van der Waals surface area (Å²) in [6.07, 6.45) is 8.76. The van der Waals surface area contributed by atoms with E-state index in [-0.39, 0.29) is 24.1 Å². The number of nitrogens with one attached hydrogen (secondary N) is 2. The van der Waals surface area contributed by atoms with E-state index >= 15 is 0 Å². The van der Waals surface area contributed by atoms with Crippen LogP contribution in [0.15, 0.2) is 18.2 Å². The van der Waals surface area contributed by atoms with Crippen molar-refractivity contribution < 1.29 is 9.59 Å². The lowest BCUT2D eigenvalue weighted by molar-refractivity contribution is -0.121. The van der Waals surface area contributed by atoms with Gasteiger partial charge < -0.3 is 10.6 Å². The topological polar surface area (TPSA) is 58.2 Å². The molecule has 1 aromatic rings. The number of halogens is 1. The Labute approximate surface area is 162 Å². The quantitative estimate of drug-likeness (QED) is 0.714. The van der Waals surface area contributed by atoms with E-state index in [0.717, 1.165) is 44.5 Å². The second-order valence-electron chi connectivity index (χ2n) is 7.46. The Hall–Kier alpha value is -1.39. The molecule has 0 bridgehead atoms. The van der Waals surface area contributed by atoms with Gasteiger partial charge in [0.1, 0.15) is 0 Å². The molecule has 3 rings (SSSR count). The number of amides is 1. The van der Waals surface area contributed by atoms with Crippen molar-refractivity contribution in [2.75, 3.05) is 19.6 Å². The average molecular weight is 379 g/mol. The highest BCUT2D eigenvalue weighted by Gasteiger charge is 2.15. The summed E-state index contributed by atoms with van der Waals surface area (Å²) >= 11 is 0. The highest BCUT2D eigenvalue weighted by atomic mass is 35.5. The van der Waals surface area contributed by atoms with E-state index in [4.69, 9.17) is 0 Å². The van der Waals surface area contributed by atoms with Crippen LogP contribution in [0, 0.1) is 5.92 Å². The van der Waals surface area contributed by atoms with Crippen LogP contribution in [0.25, 0.3) is 0 Å². The molecule has 1 saturated heterocycles. The van der Waals surface area contributed by atoms with Crippen LogP contribution in [0.1, 0.15) is 66.4 Å². The molecule has 1 aromatic carbocycles. The summed E-state index contributed by atoms with van der Waals surface area (Å²) in [7, 11) is 0. The number of aryl methyl sites for hydroxylation is 2. The Balaban J connectivity index is 0.00000243. The van der Waals surface area contributed by atoms with Crippen molar-refractivity contribution in [3.63, 3.8) is 0 Å². The molecular weight excluding hydrogens is 348 g/mol. The van der Waals surface area contributed by atoms with Gasteiger partial charge in [0.15, 0.2) is 5.78 Å². The predicted molar refractivity (Wildman–Crippen MR) is 107 cm³/mol. The van der Waals surface area contributed by atoms with Crippen LogP contribution in [0.4, 0.5) is 0 Å². The van der Waals surface area contributed by atoms with Gasteiger partial charge in [0.05, 0.1) is 0 Å². The summed E-state index contributed by atoms with van der Waals surface area (Å²) in [6.45, 7) is 2.90. The first-order valence-electron chi connectivity index (χ1n) is 9.85. The minimum Gasteiger partial charge on any atom is -0.356 e. The van der Waals surface area contributed by atoms with Crippen molar-refractivity contribution in [3.05, 3.63) is 34.9 Å². The van der Waals surface area contributed by atoms with Crippen molar-refractivity contribution in [2.24, 2.45) is 5.92 Å². The third kappa shape index (κ3) is 6.10. The molecule has 2 aliphatic rings. The Morgan fingerprint density at radius 3 is 2.65 bits per heavy atom. The van der Waals surface area contributed by atoms with Crippen molar-refractivity contribution in [1.82, 2.24) is 10.6 Å². The fourth-order valence-electron chi connectivity index (χ4n) is 3.95. The molecule has 1 atom stereocenters. The molecular formula is C21H31ClN2O2. The molecule has 1 heterocycles. The highest BCUT2D eigenvalue weighted by Crippen LogP contribution is 2.23. The van der Waals surface area contributed by atoms with E-state index in [1.54, 1.807) is 0 Å². The fourth-order valence-corrected chi connectivity index (χ4v) is 3.95. The van der Waals surface area contributed by atoms with Gasteiger partial charge in [-0.15, -0.1) is 12.4 Å². The Kier molecular flexibility index (Phi) is 8.60. The summed E-state index contributed by atoms with van der Waals surface area (Å²) in [5.74, 6) is 0.751. The number of carbonyl (C=O) groups excluding carboxylic acids is 2. The summed E-state index contributed by atoms with van der Waals surface area (Å²) in [5, 5.41) is 6.36. The zero-order chi connectivity index (χ0) is 17.5. The Bertz CT molecular complexity index is 612. The van der Waals surface area contributed by atoms with Crippen LogP contribution < -0.4 is 10.6 Å². The number of benzene rings is 1. The number of fused-ring (bicyclic) bond motifs is 1. The third-order valence-corrected chi connectivity index (χ3v) is 5.52. The second-order valence-corrected chi connectivity index (χ2v) is 7.46. The molecule has 1 amide bonds. The van der Waals surface area contributed by atoms with Gasteiger partial charge in [0.2, 0.25) is 5.91 Å². The smallest absolute Gasteiger partial charge is 0.220 e. The molecule has 0 aromatic heterocycles. The first kappa shape index (κ1) is 20.9. The van der Waals surface area contributed by atoms with Gasteiger partial charge >= 0.3 is 0 Å². The van der Waals surface area contributed by atoms with Gasteiger partial charge in [0, 0.05) is 24.9 Å². The molecule has 1 unspecified atom stereocenters. The average Bonchev–Trinajstić information content (AvgIpc) is 2.66. The molecule has 1 aliphatic carbocycles. The minimum atomic E-state index is -0.00456. The maximum Gasteiger partial charge on any atom is 0.220 e. The maximum absolute atomic E-state index is 12.4. The number of Topliss-reactive ketones (excluding diaryl/α,β-unsaturated/α-hetero) is 1. The molecule has 1 fully saturated rings. The Morgan fingerprint density at radius 2 is 1.88 bits per heavy atom. The first-order chi connectivity index (χ1) is 12.2. The molecule has 1 aliphatic heterocycles. The van der Waals surface area contributed by atoms with E-state index in [1.807, 2.05) is 12.1 Å². The summed E-state index contributed by atoms with van der Waals surface area (Å²) in [6, 6.07) is 6.07. The normalized spacial score (nSPS) is 19.2. The van der Waals surface area contributed by atoms with Gasteiger partial charge in [-0.2, -0.15) is 0 Å². The van der Waals surface area contributed by atoms with Crippen molar-refractivity contribution in [1.29, 1.82) is 0 Å². The van der Waals surface area contributed by atoms with Crippen LogP contribution >= 0.6 is 12.4 Å². The minimum absolute atomic E-state index is 0. The van der Waals surface area contributed by atoms with E-state index in [0.29, 0.717) is 18.8 Å². The molecule has 26 heavy (non-hydrogen) atoms. The third-order valence-electron chi connectivity index (χ3n) is 5.52. The highest BCUT2D eigenvalue weighted by molar-refractivity contribution is 5.98. The van der Waals surface area contributed by atoms with Gasteiger partial charge in [-0.05, 0) is 81.1 Å². The van der Waals surface area contributed by atoms with E-state index in [2.05, 4.69) is 16.7 Å². The fraction of sp³-hybridized carbons (Fsp3) is 0.619. The lowest BCUT2D eigenvalue weighted by Crippen LogP contribution is -2.33. The molecule has 4 nitrogen and oxygen atoms in total. The van der Waals surface area contributed by atoms with Crippen LogP contribution in [0.2, 0.25) is 0 Å². The van der Waals surface area contributed by atoms with Crippen LogP contribution in [0.5, 0.6) is 0 Å². The van der Waals surface area contributed by atoms with E-state index in [1.165, 1.54) is 36.8 Å². The number of hydrogen-bond donors (Lipinski definition) is 2. The first-order valence-corrected chi connectivity index (χ1v) is 9.85. The second kappa shape index (κ2) is 10.7. The van der Waals surface area contributed by atoms with Crippen LogP contribution in [-0.2, 0) is 17.6 Å². The summed E-state index contributed by atoms with van der Waals surface area (Å²) in [5.41, 5.74) is 3.47. The van der Waals surface area contributed by atoms with Gasteiger partial charge in [-0.3, -0.25) is 9.59 Å². The number of rotatable bonds is 7. The van der Waals surface area contributed by atoms with Gasteiger partial charge in [-0.25, -0.2) is 0 Å². The van der Waals surface area contributed by atoms with Crippen molar-refractivity contribution in [2.45, 2.75) is 57.8 Å². The molecule has 0 radical (unpaired) electrons. The van der Waals surface area contributed by atoms with E-state index in [9.17, 15) is 9.59 Å². The van der Waals surface area contributed by atoms with Crippen molar-refractivity contribution in [3.8, 4) is 0 Å². The number of carbonyl (C=O) groups is 2. The number of ketones is 1. The Morgan fingerprint density at radius 1 is 1.08 bits per heavy atom. The van der Waals surface area contributed by atoms with Crippen LogP contribution in [0.3, 0.4) is 0 Å². The van der Waals surface area contributed by atoms with Crippen molar-refractivity contribution >= 4 is 24.1 Å². The zero-order valence-electron chi connectivity index (χ0n) is 15.5. The monoisotopic (exact) mass is 378 g/mol. The standard InChI is InChI=1S/C21H30N2O2.ClH/c24-20(19-8-7-17-5-1-2-6-18(17)14-19)9-10-21(25)23-13-11-16-4-3-12-22-15-16;/h7-8,14,16,22H,1-6,9-13,15H2,(H,23,25);1H. The zero-order valence-corrected chi connectivity index (χ0v) is 16.3. The van der Waals surface area contributed by atoms with Crippen LogP contribution in [-0.4, -0.2) is 31.3 Å². The van der Waals surface area contributed by atoms with Gasteiger partial charge in [0.25, 0.3) is 0 Å². The molecule has 0 saturated carbocycles. The molecule has 144 valence electrons. The molecule has 2 N–H and O–H groups in total. The molecule has 5 heteroatoms. The molecule has 0 spiro atoms. The van der Waals surface area contributed by atoms with Gasteiger partial charge in [-0.1, -0.05) is 12.1 Å². The number of piperidine rings is 1. The predicted octanol–water partition coefficient (Wildman–Crippen LogP) is 3.46. The lowest BCUT2D eigenvalue weighted by atomic mass is 9.89. The SMILES string of the molecule is Cl.O=C(CCC(=O)c1ccc2c(c1)CCCC2)NCCC1CCCNC1. The maximum atomic E-state index is 12.4. The number of hydrogen-bond acceptors (Lipinski definition) is 3. The summed E-state index contributed by atoms with van der Waals surface area (Å²) in [4.78, 5) is 24.3. The van der Waals surface area contributed by atoms with E-state index < -0.39 is 0 Å². The largest absolute Gasteiger partial charge is 0.356 e. The lowest BCUT2D eigenvalue weighted by Gasteiger charge is -2.22. The summed E-state index contributed by atoms with van der Waals surface area (Å²) < 4.78 is 0.